The predicted octanol–water partition coefficient (Wildman–Crippen LogP) is 2.67. The topological polar surface area (TPSA) is 38.0 Å². The Bertz CT molecular complexity index is 193. The molecule has 2 aliphatic rings. The molecule has 3 N–H and O–H groups in total. The summed E-state index contributed by atoms with van der Waals surface area (Å²) in [6.45, 7) is 2.02. The number of nitrogens with one attached hydrogen (secondary N) is 1. The van der Waals surface area contributed by atoms with E-state index < -0.39 is 0 Å². The van der Waals surface area contributed by atoms with E-state index >= 15 is 0 Å². The van der Waals surface area contributed by atoms with E-state index in [9.17, 15) is 0 Å². The van der Waals surface area contributed by atoms with Crippen LogP contribution in [0.1, 0.15) is 57.8 Å². The first-order chi connectivity index (χ1) is 7.90. The fourth-order valence-electron chi connectivity index (χ4n) is 3.63. The van der Waals surface area contributed by atoms with Gasteiger partial charge in [0.25, 0.3) is 0 Å². The Morgan fingerprint density at radius 1 is 0.938 bits per heavy atom. The van der Waals surface area contributed by atoms with Gasteiger partial charge in [-0.25, -0.2) is 0 Å². The summed E-state index contributed by atoms with van der Waals surface area (Å²) in [5.41, 5.74) is 5.51. The van der Waals surface area contributed by atoms with Crippen LogP contribution >= 0.6 is 0 Å². The Kier molecular flexibility index (Phi) is 5.11. The summed E-state index contributed by atoms with van der Waals surface area (Å²) < 4.78 is 0. The summed E-state index contributed by atoms with van der Waals surface area (Å²) in [5, 5.41) is 3.73. The first kappa shape index (κ1) is 12.4. The predicted molar refractivity (Wildman–Crippen MR) is 69.4 cm³/mol. The third-order valence-electron chi connectivity index (χ3n) is 4.60. The van der Waals surface area contributed by atoms with Crippen LogP contribution in [0.2, 0.25) is 0 Å². The van der Waals surface area contributed by atoms with Gasteiger partial charge in [-0.3, -0.25) is 0 Å². The van der Waals surface area contributed by atoms with Crippen LogP contribution in [-0.4, -0.2) is 19.1 Å². The highest BCUT2D eigenvalue weighted by Crippen LogP contribution is 2.40. The van der Waals surface area contributed by atoms with E-state index in [-0.39, 0.29) is 0 Å². The average Bonchev–Trinajstić information content (AvgIpc) is 2.34. The van der Waals surface area contributed by atoms with E-state index in [0.29, 0.717) is 0 Å². The second-order valence-corrected chi connectivity index (χ2v) is 5.76. The van der Waals surface area contributed by atoms with Crippen LogP contribution in [0, 0.1) is 11.8 Å². The molecule has 0 bridgehead atoms. The Morgan fingerprint density at radius 2 is 1.75 bits per heavy atom. The van der Waals surface area contributed by atoms with E-state index in [1.165, 1.54) is 64.3 Å². The van der Waals surface area contributed by atoms with Crippen molar-refractivity contribution in [3.05, 3.63) is 0 Å². The second kappa shape index (κ2) is 6.61. The van der Waals surface area contributed by atoms with Crippen molar-refractivity contribution in [2.24, 2.45) is 17.6 Å². The summed E-state index contributed by atoms with van der Waals surface area (Å²) in [4.78, 5) is 0. The first-order valence-electron chi connectivity index (χ1n) is 7.33. The van der Waals surface area contributed by atoms with E-state index in [0.717, 1.165) is 24.4 Å². The van der Waals surface area contributed by atoms with Crippen LogP contribution in [-0.2, 0) is 0 Å². The molecule has 16 heavy (non-hydrogen) atoms. The van der Waals surface area contributed by atoms with Crippen molar-refractivity contribution >= 4 is 0 Å². The maximum Gasteiger partial charge on any atom is 0.00699 e. The molecule has 2 aliphatic carbocycles. The maximum absolute atomic E-state index is 5.51. The highest BCUT2D eigenvalue weighted by atomic mass is 14.9. The van der Waals surface area contributed by atoms with Crippen molar-refractivity contribution in [2.45, 2.75) is 63.8 Å². The molecule has 0 radical (unpaired) electrons. The molecule has 0 aromatic heterocycles. The smallest absolute Gasteiger partial charge is 0.00699 e. The zero-order chi connectivity index (χ0) is 11.2. The Morgan fingerprint density at radius 3 is 2.56 bits per heavy atom. The van der Waals surface area contributed by atoms with Gasteiger partial charge in [0.15, 0.2) is 0 Å². The highest BCUT2D eigenvalue weighted by molar-refractivity contribution is 4.86. The number of hydrogen-bond donors (Lipinski definition) is 2. The number of fused-ring (bicyclic) bond motifs is 1. The van der Waals surface area contributed by atoms with Gasteiger partial charge in [-0.2, -0.15) is 0 Å². The minimum Gasteiger partial charge on any atom is -0.330 e. The summed E-state index contributed by atoms with van der Waals surface area (Å²) in [6.07, 6.45) is 12.8. The second-order valence-electron chi connectivity index (χ2n) is 5.76. The Hall–Kier alpha value is -0.0800. The summed E-state index contributed by atoms with van der Waals surface area (Å²) in [7, 11) is 0. The lowest BCUT2D eigenvalue weighted by Gasteiger charge is -2.39. The minimum absolute atomic E-state index is 0.817. The van der Waals surface area contributed by atoms with Crippen LogP contribution in [0.15, 0.2) is 0 Å². The lowest BCUT2D eigenvalue weighted by atomic mass is 9.69. The SMILES string of the molecule is NCCCCNC1CCC2CCCCC2C1. The van der Waals surface area contributed by atoms with Crippen LogP contribution in [0.25, 0.3) is 0 Å². The lowest BCUT2D eigenvalue weighted by Crippen LogP contribution is -2.39. The molecular formula is C14H28N2. The van der Waals surface area contributed by atoms with Crippen LogP contribution < -0.4 is 11.1 Å². The molecule has 2 rings (SSSR count). The van der Waals surface area contributed by atoms with Gasteiger partial charge in [-0.05, 0) is 57.0 Å². The summed E-state index contributed by atoms with van der Waals surface area (Å²) in [5.74, 6) is 2.13. The van der Waals surface area contributed by atoms with Gasteiger partial charge in [0.2, 0.25) is 0 Å². The zero-order valence-electron chi connectivity index (χ0n) is 10.6. The molecule has 0 saturated heterocycles. The molecule has 3 unspecified atom stereocenters. The molecule has 0 aliphatic heterocycles. The van der Waals surface area contributed by atoms with E-state index in [1.807, 2.05) is 0 Å². The van der Waals surface area contributed by atoms with Gasteiger partial charge in [0.1, 0.15) is 0 Å². The van der Waals surface area contributed by atoms with Gasteiger partial charge in [-0.1, -0.05) is 25.7 Å². The standard InChI is InChI=1S/C14H28N2/c15-9-3-4-10-16-14-8-7-12-5-1-2-6-13(12)11-14/h12-14,16H,1-11,15H2. The van der Waals surface area contributed by atoms with E-state index in [1.54, 1.807) is 0 Å². The molecule has 2 saturated carbocycles. The molecule has 3 atom stereocenters. The van der Waals surface area contributed by atoms with E-state index in [4.69, 9.17) is 5.73 Å². The normalized spacial score (nSPS) is 34.7. The number of rotatable bonds is 5. The van der Waals surface area contributed by atoms with Gasteiger partial charge in [0.05, 0.1) is 0 Å². The summed E-state index contributed by atoms with van der Waals surface area (Å²) >= 11 is 0. The van der Waals surface area contributed by atoms with Gasteiger partial charge in [0, 0.05) is 6.04 Å². The monoisotopic (exact) mass is 224 g/mol. The number of nitrogens with two attached hydrogens (primary N) is 1. The van der Waals surface area contributed by atoms with Crippen molar-refractivity contribution in [1.29, 1.82) is 0 Å². The van der Waals surface area contributed by atoms with Crippen molar-refractivity contribution < 1.29 is 0 Å². The minimum atomic E-state index is 0.817. The molecule has 2 fully saturated rings. The van der Waals surface area contributed by atoms with Crippen molar-refractivity contribution in [2.75, 3.05) is 13.1 Å². The molecule has 0 amide bonds. The van der Waals surface area contributed by atoms with Gasteiger partial charge < -0.3 is 11.1 Å². The Balaban J connectivity index is 1.65. The average molecular weight is 224 g/mol. The van der Waals surface area contributed by atoms with Gasteiger partial charge in [-0.15, -0.1) is 0 Å². The van der Waals surface area contributed by atoms with Crippen molar-refractivity contribution in [3.8, 4) is 0 Å². The first-order valence-corrected chi connectivity index (χ1v) is 7.33. The van der Waals surface area contributed by atoms with Crippen molar-refractivity contribution in [1.82, 2.24) is 5.32 Å². The largest absolute Gasteiger partial charge is 0.330 e. The van der Waals surface area contributed by atoms with Crippen LogP contribution in [0.5, 0.6) is 0 Å². The third kappa shape index (κ3) is 3.46. The highest BCUT2D eigenvalue weighted by Gasteiger charge is 2.31. The van der Waals surface area contributed by atoms with Crippen molar-refractivity contribution in [3.63, 3.8) is 0 Å². The van der Waals surface area contributed by atoms with Crippen LogP contribution in [0.3, 0.4) is 0 Å². The molecule has 0 aromatic carbocycles. The Labute approximate surface area is 100 Å². The molecular weight excluding hydrogens is 196 g/mol. The number of hydrogen-bond acceptors (Lipinski definition) is 2. The fraction of sp³-hybridized carbons (Fsp3) is 1.00. The molecule has 2 heteroatoms. The quantitative estimate of drug-likeness (QED) is 0.705. The van der Waals surface area contributed by atoms with Gasteiger partial charge >= 0.3 is 0 Å². The molecule has 2 nitrogen and oxygen atoms in total. The van der Waals surface area contributed by atoms with E-state index in [2.05, 4.69) is 5.32 Å². The molecule has 0 spiro atoms. The maximum atomic E-state index is 5.51. The summed E-state index contributed by atoms with van der Waals surface area (Å²) in [6, 6.07) is 0.817. The van der Waals surface area contributed by atoms with Crippen LogP contribution in [0.4, 0.5) is 0 Å². The number of unbranched alkanes of at least 4 members (excludes halogenated alkanes) is 1. The molecule has 94 valence electrons. The lowest BCUT2D eigenvalue weighted by molar-refractivity contribution is 0.144. The molecule has 0 heterocycles. The fourth-order valence-corrected chi connectivity index (χ4v) is 3.63. The zero-order valence-corrected chi connectivity index (χ0v) is 10.6. The third-order valence-corrected chi connectivity index (χ3v) is 4.60. The molecule has 0 aromatic rings.